The molecule has 1 N–H and O–H groups in total. The fourth-order valence-corrected chi connectivity index (χ4v) is 1.63. The van der Waals surface area contributed by atoms with Crippen molar-refractivity contribution in [2.75, 3.05) is 19.8 Å². The Hall–Kier alpha value is -1.89. The average molecular weight is 240 g/mol. The van der Waals surface area contributed by atoms with Crippen molar-refractivity contribution < 1.29 is 23.8 Å². The Morgan fingerprint density at radius 3 is 2.94 bits per heavy atom. The summed E-state index contributed by atoms with van der Waals surface area (Å²) in [6.07, 6.45) is 1.42. The first-order valence-corrected chi connectivity index (χ1v) is 5.13. The van der Waals surface area contributed by atoms with Gasteiger partial charge in [0.25, 0.3) is 5.89 Å². The first-order chi connectivity index (χ1) is 8.09. The van der Waals surface area contributed by atoms with Gasteiger partial charge in [0.2, 0.25) is 0 Å². The topological polar surface area (TPSA) is 92.9 Å². The van der Waals surface area contributed by atoms with Crippen LogP contribution in [-0.4, -0.2) is 52.7 Å². The molecule has 1 aromatic rings. The van der Waals surface area contributed by atoms with E-state index in [1.165, 1.54) is 11.1 Å². The van der Waals surface area contributed by atoms with Crippen molar-refractivity contribution in [1.29, 1.82) is 0 Å². The Labute approximate surface area is 97.0 Å². The molecular weight excluding hydrogens is 228 g/mol. The second-order valence-electron chi connectivity index (χ2n) is 3.70. The lowest BCUT2D eigenvalue weighted by Gasteiger charge is -2.31. The van der Waals surface area contributed by atoms with Gasteiger partial charge in [-0.15, -0.1) is 0 Å². The number of carbonyl (C=O) groups excluding carboxylic acids is 1. The molecule has 1 saturated heterocycles. The number of nitrogens with zero attached hydrogens (tertiary/aromatic N) is 2. The highest BCUT2D eigenvalue weighted by atomic mass is 16.5. The SMILES string of the molecule is Cc1cnc(C(=O)N2CCOCC2C(=O)O)o1. The summed E-state index contributed by atoms with van der Waals surface area (Å²) in [7, 11) is 0. The maximum atomic E-state index is 12.0. The van der Waals surface area contributed by atoms with Crippen LogP contribution in [0.25, 0.3) is 0 Å². The van der Waals surface area contributed by atoms with Gasteiger partial charge in [-0.25, -0.2) is 9.78 Å². The molecular formula is C10H12N2O5. The van der Waals surface area contributed by atoms with E-state index in [2.05, 4.69) is 4.98 Å². The van der Waals surface area contributed by atoms with Crippen LogP contribution in [0, 0.1) is 6.92 Å². The predicted molar refractivity (Wildman–Crippen MR) is 54.5 cm³/mol. The van der Waals surface area contributed by atoms with Gasteiger partial charge in [-0.05, 0) is 6.92 Å². The second-order valence-corrected chi connectivity index (χ2v) is 3.70. The van der Waals surface area contributed by atoms with Crippen LogP contribution in [0.15, 0.2) is 10.6 Å². The van der Waals surface area contributed by atoms with E-state index in [0.29, 0.717) is 12.4 Å². The number of hydrogen-bond donors (Lipinski definition) is 1. The zero-order valence-corrected chi connectivity index (χ0v) is 9.25. The first kappa shape index (κ1) is 11.6. The molecule has 17 heavy (non-hydrogen) atoms. The van der Waals surface area contributed by atoms with E-state index < -0.39 is 17.9 Å². The second kappa shape index (κ2) is 4.54. The zero-order valence-electron chi connectivity index (χ0n) is 9.25. The molecule has 1 aliphatic heterocycles. The number of morpholine rings is 1. The van der Waals surface area contributed by atoms with Crippen molar-refractivity contribution in [3.63, 3.8) is 0 Å². The molecule has 0 aliphatic carbocycles. The van der Waals surface area contributed by atoms with Gasteiger partial charge < -0.3 is 19.2 Å². The van der Waals surface area contributed by atoms with Gasteiger partial charge in [0.1, 0.15) is 5.76 Å². The van der Waals surface area contributed by atoms with Crippen molar-refractivity contribution in [2.24, 2.45) is 0 Å². The van der Waals surface area contributed by atoms with E-state index in [9.17, 15) is 9.59 Å². The molecule has 0 saturated carbocycles. The third-order valence-corrected chi connectivity index (χ3v) is 2.48. The summed E-state index contributed by atoms with van der Waals surface area (Å²) in [4.78, 5) is 28.0. The molecule has 1 atom stereocenters. The maximum absolute atomic E-state index is 12.0. The number of oxazole rings is 1. The third kappa shape index (κ3) is 2.28. The van der Waals surface area contributed by atoms with Gasteiger partial charge in [-0.1, -0.05) is 0 Å². The van der Waals surface area contributed by atoms with E-state index in [4.69, 9.17) is 14.3 Å². The summed E-state index contributed by atoms with van der Waals surface area (Å²) in [6.45, 7) is 2.19. The molecule has 0 radical (unpaired) electrons. The minimum atomic E-state index is -1.10. The fraction of sp³-hybridized carbons (Fsp3) is 0.500. The van der Waals surface area contributed by atoms with E-state index >= 15 is 0 Å². The monoisotopic (exact) mass is 240 g/mol. The largest absolute Gasteiger partial charge is 0.480 e. The molecule has 0 bridgehead atoms. The molecule has 1 aliphatic rings. The number of hydrogen-bond acceptors (Lipinski definition) is 5. The summed E-state index contributed by atoms with van der Waals surface area (Å²) >= 11 is 0. The van der Waals surface area contributed by atoms with Crippen LogP contribution >= 0.6 is 0 Å². The number of aromatic nitrogens is 1. The highest BCUT2D eigenvalue weighted by molar-refractivity contribution is 5.93. The minimum Gasteiger partial charge on any atom is -0.480 e. The molecule has 1 amide bonds. The van der Waals surface area contributed by atoms with Crippen molar-refractivity contribution in [2.45, 2.75) is 13.0 Å². The lowest BCUT2D eigenvalue weighted by molar-refractivity contribution is -0.147. The Bertz CT molecular complexity index is 442. The maximum Gasteiger partial charge on any atom is 0.328 e. The summed E-state index contributed by atoms with van der Waals surface area (Å²) < 4.78 is 10.1. The Morgan fingerprint density at radius 2 is 2.35 bits per heavy atom. The molecule has 92 valence electrons. The summed E-state index contributed by atoms with van der Waals surface area (Å²) in [6, 6.07) is -0.983. The molecule has 7 heteroatoms. The normalized spacial score (nSPS) is 20.3. The number of carboxylic acid groups (broad SMARTS) is 1. The standard InChI is InChI=1S/C10H12N2O5/c1-6-4-11-8(17-6)9(13)12-2-3-16-5-7(12)10(14)15/h4,7H,2-3,5H2,1H3,(H,14,15). The van der Waals surface area contributed by atoms with Crippen molar-refractivity contribution in [3.05, 3.63) is 17.8 Å². The number of ether oxygens (including phenoxy) is 1. The number of carbonyl (C=O) groups is 2. The number of amides is 1. The Kier molecular flexibility index (Phi) is 3.10. The van der Waals surface area contributed by atoms with Crippen LogP contribution in [0.5, 0.6) is 0 Å². The van der Waals surface area contributed by atoms with Gasteiger partial charge in [0.15, 0.2) is 6.04 Å². The smallest absolute Gasteiger partial charge is 0.328 e. The first-order valence-electron chi connectivity index (χ1n) is 5.13. The predicted octanol–water partition coefficient (Wildman–Crippen LogP) is -0.0914. The van der Waals surface area contributed by atoms with Crippen molar-refractivity contribution >= 4 is 11.9 Å². The number of carboxylic acids is 1. The van der Waals surface area contributed by atoms with Crippen LogP contribution in [0.1, 0.15) is 16.4 Å². The van der Waals surface area contributed by atoms with Crippen LogP contribution in [0.3, 0.4) is 0 Å². The van der Waals surface area contributed by atoms with E-state index in [1.54, 1.807) is 6.92 Å². The van der Waals surface area contributed by atoms with Crippen LogP contribution < -0.4 is 0 Å². The summed E-state index contributed by atoms with van der Waals surface area (Å²) in [5, 5.41) is 8.98. The number of rotatable bonds is 2. The van der Waals surface area contributed by atoms with E-state index in [1.807, 2.05) is 0 Å². The lowest BCUT2D eigenvalue weighted by Crippen LogP contribution is -2.52. The summed E-state index contributed by atoms with van der Waals surface area (Å²) in [5.74, 6) is -1.20. The number of aryl methyl sites for hydroxylation is 1. The molecule has 7 nitrogen and oxygen atoms in total. The van der Waals surface area contributed by atoms with E-state index in [0.717, 1.165) is 0 Å². The van der Waals surface area contributed by atoms with E-state index in [-0.39, 0.29) is 19.0 Å². The molecule has 0 spiro atoms. The highest BCUT2D eigenvalue weighted by Crippen LogP contribution is 2.13. The quantitative estimate of drug-likeness (QED) is 0.776. The number of aliphatic carboxylic acids is 1. The van der Waals surface area contributed by atoms with Gasteiger partial charge in [-0.3, -0.25) is 4.79 Å². The van der Waals surface area contributed by atoms with Gasteiger partial charge in [0, 0.05) is 6.54 Å². The molecule has 0 aromatic carbocycles. The average Bonchev–Trinajstić information content (AvgIpc) is 2.75. The Balaban J connectivity index is 2.19. The minimum absolute atomic E-state index is 0.0131. The van der Waals surface area contributed by atoms with Crippen molar-refractivity contribution in [1.82, 2.24) is 9.88 Å². The lowest BCUT2D eigenvalue weighted by atomic mass is 10.2. The zero-order chi connectivity index (χ0) is 12.4. The van der Waals surface area contributed by atoms with Gasteiger partial charge >= 0.3 is 11.9 Å². The van der Waals surface area contributed by atoms with Gasteiger partial charge in [-0.2, -0.15) is 0 Å². The van der Waals surface area contributed by atoms with Gasteiger partial charge in [0.05, 0.1) is 19.4 Å². The fourth-order valence-electron chi connectivity index (χ4n) is 1.63. The van der Waals surface area contributed by atoms with Crippen LogP contribution in [-0.2, 0) is 9.53 Å². The molecule has 1 aromatic heterocycles. The molecule has 2 rings (SSSR count). The highest BCUT2D eigenvalue weighted by Gasteiger charge is 2.35. The summed E-state index contributed by atoms with van der Waals surface area (Å²) in [5.41, 5.74) is 0. The Morgan fingerprint density at radius 1 is 1.59 bits per heavy atom. The van der Waals surface area contributed by atoms with Crippen LogP contribution in [0.2, 0.25) is 0 Å². The van der Waals surface area contributed by atoms with Crippen LogP contribution in [0.4, 0.5) is 0 Å². The molecule has 2 heterocycles. The molecule has 1 unspecified atom stereocenters. The van der Waals surface area contributed by atoms with Crippen molar-refractivity contribution in [3.8, 4) is 0 Å². The third-order valence-electron chi connectivity index (χ3n) is 2.48. The molecule has 1 fully saturated rings.